The lowest BCUT2D eigenvalue weighted by atomic mass is 10.1. The van der Waals surface area contributed by atoms with E-state index in [1.165, 1.54) is 11.3 Å². The number of nitrogens with one attached hydrogen (secondary N) is 1. The van der Waals surface area contributed by atoms with Crippen molar-refractivity contribution in [3.05, 3.63) is 59.3 Å². The lowest BCUT2D eigenvalue weighted by molar-refractivity contribution is -0.115. The summed E-state index contributed by atoms with van der Waals surface area (Å²) >= 11 is 1.50. The molecular weight excluding hydrogens is 412 g/mol. The molecular formula is C23H24N4O3S. The van der Waals surface area contributed by atoms with Gasteiger partial charge < -0.3 is 14.8 Å². The predicted octanol–water partition coefficient (Wildman–Crippen LogP) is 4.69. The summed E-state index contributed by atoms with van der Waals surface area (Å²) in [6.07, 6.45) is 0.253. The molecule has 1 N–H and O–H groups in total. The fourth-order valence-electron chi connectivity index (χ4n) is 3.43. The number of para-hydroxylation sites is 1. The maximum Gasteiger partial charge on any atom is 0.229 e. The Balaban J connectivity index is 1.59. The van der Waals surface area contributed by atoms with Crippen LogP contribution in [0.2, 0.25) is 0 Å². The third kappa shape index (κ3) is 4.39. The molecule has 0 unspecified atom stereocenters. The lowest BCUT2D eigenvalue weighted by Gasteiger charge is -2.09. The van der Waals surface area contributed by atoms with E-state index in [0.29, 0.717) is 17.6 Å². The molecule has 0 bridgehead atoms. The van der Waals surface area contributed by atoms with Gasteiger partial charge in [0.2, 0.25) is 11.0 Å². The minimum atomic E-state index is -0.123. The van der Waals surface area contributed by atoms with Crippen molar-refractivity contribution in [1.29, 1.82) is 0 Å². The van der Waals surface area contributed by atoms with Gasteiger partial charge >= 0.3 is 0 Å². The molecule has 0 atom stereocenters. The van der Waals surface area contributed by atoms with E-state index in [-0.39, 0.29) is 12.3 Å². The van der Waals surface area contributed by atoms with E-state index < -0.39 is 0 Å². The Labute approximate surface area is 184 Å². The van der Waals surface area contributed by atoms with Gasteiger partial charge in [-0.25, -0.2) is 4.98 Å². The van der Waals surface area contributed by atoms with Crippen LogP contribution in [0.4, 0.5) is 5.82 Å². The maximum absolute atomic E-state index is 12.7. The number of carbonyl (C=O) groups is 1. The highest BCUT2D eigenvalue weighted by atomic mass is 32.1. The number of benzene rings is 2. The molecule has 0 fully saturated rings. The Morgan fingerprint density at radius 3 is 2.74 bits per heavy atom. The highest BCUT2D eigenvalue weighted by molar-refractivity contribution is 7.20. The summed E-state index contributed by atoms with van der Waals surface area (Å²) in [5.41, 5.74) is 3.50. The Morgan fingerprint density at radius 1 is 1.16 bits per heavy atom. The monoisotopic (exact) mass is 436 g/mol. The predicted molar refractivity (Wildman–Crippen MR) is 123 cm³/mol. The van der Waals surface area contributed by atoms with E-state index in [1.807, 2.05) is 63.2 Å². The first-order valence-electron chi connectivity index (χ1n) is 10.0. The summed E-state index contributed by atoms with van der Waals surface area (Å²) in [5.74, 6) is 2.01. The van der Waals surface area contributed by atoms with Crippen molar-refractivity contribution < 1.29 is 14.3 Å². The first kappa shape index (κ1) is 20.9. The first-order valence-corrected chi connectivity index (χ1v) is 10.8. The van der Waals surface area contributed by atoms with Crippen molar-refractivity contribution in [1.82, 2.24) is 14.8 Å². The van der Waals surface area contributed by atoms with Crippen molar-refractivity contribution in [2.75, 3.05) is 19.0 Å². The van der Waals surface area contributed by atoms with E-state index in [4.69, 9.17) is 14.5 Å². The largest absolute Gasteiger partial charge is 0.496 e. The van der Waals surface area contributed by atoms with Gasteiger partial charge in [-0.05, 0) is 50.1 Å². The number of hydrogen-bond donors (Lipinski definition) is 1. The third-order valence-corrected chi connectivity index (χ3v) is 5.77. The molecule has 0 aliphatic rings. The number of methoxy groups -OCH3 is 1. The molecule has 160 valence electrons. The van der Waals surface area contributed by atoms with Crippen LogP contribution in [0.1, 0.15) is 23.7 Å². The van der Waals surface area contributed by atoms with Crippen molar-refractivity contribution in [2.24, 2.45) is 0 Å². The van der Waals surface area contributed by atoms with Gasteiger partial charge in [-0.1, -0.05) is 29.5 Å². The number of amides is 1. The molecule has 0 radical (unpaired) electrons. The normalized spacial score (nSPS) is 11.0. The van der Waals surface area contributed by atoms with E-state index in [1.54, 1.807) is 11.8 Å². The van der Waals surface area contributed by atoms with Crippen LogP contribution in [0.15, 0.2) is 42.5 Å². The third-order valence-electron chi connectivity index (χ3n) is 4.77. The zero-order chi connectivity index (χ0) is 22.0. The summed E-state index contributed by atoms with van der Waals surface area (Å²) in [4.78, 5) is 17.5. The Bertz CT molecular complexity index is 1250. The topological polar surface area (TPSA) is 78.3 Å². The smallest absolute Gasteiger partial charge is 0.229 e. The number of nitrogens with zero attached hydrogens (tertiary/aromatic N) is 3. The Kier molecular flexibility index (Phi) is 5.90. The second kappa shape index (κ2) is 8.77. The van der Waals surface area contributed by atoms with Gasteiger partial charge in [-0.3, -0.25) is 4.79 Å². The maximum atomic E-state index is 12.7. The number of aromatic nitrogens is 3. The molecule has 2 heterocycles. The lowest BCUT2D eigenvalue weighted by Crippen LogP contribution is -2.17. The van der Waals surface area contributed by atoms with Crippen LogP contribution in [-0.4, -0.2) is 34.4 Å². The molecule has 0 spiro atoms. The van der Waals surface area contributed by atoms with Crippen molar-refractivity contribution >= 4 is 33.3 Å². The van der Waals surface area contributed by atoms with Crippen molar-refractivity contribution in [3.63, 3.8) is 0 Å². The zero-order valence-electron chi connectivity index (χ0n) is 17.9. The molecule has 0 aliphatic heterocycles. The van der Waals surface area contributed by atoms with Gasteiger partial charge in [0.15, 0.2) is 0 Å². The molecule has 0 aliphatic carbocycles. The average Bonchev–Trinajstić information content (AvgIpc) is 3.32. The second-order valence-corrected chi connectivity index (χ2v) is 8.15. The molecule has 7 nitrogen and oxygen atoms in total. The molecule has 4 rings (SSSR count). The number of carbonyl (C=O) groups excluding carboxylic acids is 1. The number of fused-ring (bicyclic) bond motifs is 1. The quantitative estimate of drug-likeness (QED) is 0.455. The van der Waals surface area contributed by atoms with Crippen LogP contribution in [0.3, 0.4) is 0 Å². The standard InChI is InChI=1S/C23H24N4O3S/c1-5-30-18-7-6-8-19-22(18)25-23(31-19)27-20(12-15(3)26-27)24-21(28)13-16-9-10-17(29-4)14(2)11-16/h6-12H,5,13H2,1-4H3,(H,24,28). The zero-order valence-corrected chi connectivity index (χ0v) is 18.7. The molecule has 4 aromatic rings. The van der Waals surface area contributed by atoms with E-state index in [9.17, 15) is 4.79 Å². The van der Waals surface area contributed by atoms with Gasteiger partial charge in [0, 0.05) is 6.07 Å². The minimum Gasteiger partial charge on any atom is -0.496 e. The molecule has 2 aromatic carbocycles. The molecule has 31 heavy (non-hydrogen) atoms. The number of rotatable bonds is 7. The van der Waals surface area contributed by atoms with Gasteiger partial charge in [0.05, 0.1) is 30.5 Å². The van der Waals surface area contributed by atoms with Crippen LogP contribution in [-0.2, 0) is 11.2 Å². The highest BCUT2D eigenvalue weighted by Gasteiger charge is 2.16. The van der Waals surface area contributed by atoms with Crippen LogP contribution in [0.25, 0.3) is 15.3 Å². The summed E-state index contributed by atoms with van der Waals surface area (Å²) in [5, 5.41) is 8.19. The molecule has 2 aromatic heterocycles. The first-order chi connectivity index (χ1) is 15.0. The summed E-state index contributed by atoms with van der Waals surface area (Å²) in [6, 6.07) is 13.4. The summed E-state index contributed by atoms with van der Waals surface area (Å²) in [7, 11) is 1.64. The number of ether oxygens (including phenoxy) is 2. The van der Waals surface area contributed by atoms with Crippen molar-refractivity contribution in [3.8, 4) is 16.6 Å². The fourth-order valence-corrected chi connectivity index (χ4v) is 4.38. The van der Waals surface area contributed by atoms with Crippen molar-refractivity contribution in [2.45, 2.75) is 27.2 Å². The second-order valence-electron chi connectivity index (χ2n) is 7.14. The van der Waals surface area contributed by atoms with Gasteiger partial charge in [0.1, 0.15) is 22.8 Å². The number of hydrogen-bond acceptors (Lipinski definition) is 6. The number of aryl methyl sites for hydroxylation is 2. The fraction of sp³-hybridized carbons (Fsp3) is 0.261. The van der Waals surface area contributed by atoms with Crippen LogP contribution >= 0.6 is 11.3 Å². The Hall–Kier alpha value is -3.39. The summed E-state index contributed by atoms with van der Waals surface area (Å²) < 4.78 is 13.7. The summed E-state index contributed by atoms with van der Waals surface area (Å²) in [6.45, 7) is 6.36. The average molecular weight is 437 g/mol. The van der Waals surface area contributed by atoms with Crippen LogP contribution < -0.4 is 14.8 Å². The molecule has 0 saturated carbocycles. The van der Waals surface area contributed by atoms with Gasteiger partial charge in [-0.2, -0.15) is 9.78 Å². The number of thiazole rings is 1. The van der Waals surface area contributed by atoms with E-state index in [2.05, 4.69) is 10.4 Å². The SMILES string of the molecule is CCOc1cccc2sc(-n3nc(C)cc3NC(=O)Cc3ccc(OC)c(C)c3)nc12. The molecule has 8 heteroatoms. The number of anilines is 1. The van der Waals surface area contributed by atoms with Crippen LogP contribution in [0.5, 0.6) is 11.5 Å². The highest BCUT2D eigenvalue weighted by Crippen LogP contribution is 2.32. The Morgan fingerprint density at radius 2 is 2.00 bits per heavy atom. The van der Waals surface area contributed by atoms with Crippen LogP contribution in [0, 0.1) is 13.8 Å². The molecule has 0 saturated heterocycles. The molecule has 1 amide bonds. The van der Waals surface area contributed by atoms with Gasteiger partial charge in [0.25, 0.3) is 0 Å². The van der Waals surface area contributed by atoms with Gasteiger partial charge in [-0.15, -0.1) is 0 Å². The van der Waals surface area contributed by atoms with E-state index >= 15 is 0 Å². The van der Waals surface area contributed by atoms with E-state index in [0.717, 1.165) is 38.5 Å². The minimum absolute atomic E-state index is 0.123.